The van der Waals surface area contributed by atoms with Crippen LogP contribution in [0.5, 0.6) is 0 Å². The van der Waals surface area contributed by atoms with Crippen molar-refractivity contribution in [3.63, 3.8) is 0 Å². The largest absolute Gasteiger partial charge is 0.384 e. The average molecular weight is 160 g/mol. The topological polar surface area (TPSA) is 20.2 Å². The second kappa shape index (κ2) is 3.94. The molecule has 12 heavy (non-hydrogen) atoms. The van der Waals surface area contributed by atoms with Crippen molar-refractivity contribution in [1.29, 1.82) is 0 Å². The number of benzene rings is 1. The minimum Gasteiger partial charge on any atom is -0.384 e. The van der Waals surface area contributed by atoms with Crippen LogP contribution in [0.15, 0.2) is 18.2 Å². The number of hydrogen-bond donors (Lipinski definition) is 1. The molecule has 0 heterocycles. The molecule has 1 N–H and O–H groups in total. The summed E-state index contributed by atoms with van der Waals surface area (Å²) in [7, 11) is 0. The van der Waals surface area contributed by atoms with Crippen molar-refractivity contribution in [3.05, 3.63) is 34.9 Å². The Morgan fingerprint density at radius 2 is 2.08 bits per heavy atom. The quantitative estimate of drug-likeness (QED) is 0.572. The van der Waals surface area contributed by atoms with Crippen molar-refractivity contribution in [2.75, 3.05) is 6.61 Å². The smallest absolute Gasteiger partial charge is 0.104 e. The van der Waals surface area contributed by atoms with Gasteiger partial charge in [0.1, 0.15) is 6.61 Å². The lowest BCUT2D eigenvalue weighted by atomic mass is 10.1. The summed E-state index contributed by atoms with van der Waals surface area (Å²) in [5.41, 5.74) is 3.36. The van der Waals surface area contributed by atoms with Crippen molar-refractivity contribution in [3.8, 4) is 11.8 Å². The van der Waals surface area contributed by atoms with Gasteiger partial charge in [0.05, 0.1) is 0 Å². The Morgan fingerprint density at radius 1 is 1.33 bits per heavy atom. The molecular weight excluding hydrogens is 148 g/mol. The highest BCUT2D eigenvalue weighted by atomic mass is 16.2. The Morgan fingerprint density at radius 3 is 2.75 bits per heavy atom. The van der Waals surface area contributed by atoms with E-state index in [1.165, 1.54) is 5.56 Å². The van der Waals surface area contributed by atoms with Crippen molar-refractivity contribution >= 4 is 0 Å². The Labute approximate surface area is 73.0 Å². The number of hydrogen-bond acceptors (Lipinski definition) is 1. The second-order valence-electron chi connectivity index (χ2n) is 2.78. The van der Waals surface area contributed by atoms with Crippen LogP contribution in [-0.4, -0.2) is 11.7 Å². The van der Waals surface area contributed by atoms with E-state index >= 15 is 0 Å². The molecule has 0 aromatic heterocycles. The fourth-order valence-corrected chi connectivity index (χ4v) is 1.01. The highest BCUT2D eigenvalue weighted by molar-refractivity contribution is 5.42. The van der Waals surface area contributed by atoms with Crippen LogP contribution in [0.4, 0.5) is 0 Å². The standard InChI is InChI=1S/C11H12O/c1-9-5-6-10(2)11(8-9)4-3-7-12/h5-6,8,12H,7H2,1-2H3. The average Bonchev–Trinajstić information content (AvgIpc) is 2.07. The zero-order valence-electron chi connectivity index (χ0n) is 7.39. The maximum atomic E-state index is 8.51. The van der Waals surface area contributed by atoms with Crippen LogP contribution in [0.1, 0.15) is 16.7 Å². The number of rotatable bonds is 0. The molecule has 0 radical (unpaired) electrons. The first kappa shape index (κ1) is 8.83. The molecule has 0 fully saturated rings. The fraction of sp³-hybridized carbons (Fsp3) is 0.273. The zero-order chi connectivity index (χ0) is 8.97. The SMILES string of the molecule is Cc1ccc(C)c(C#CCO)c1. The summed E-state index contributed by atoms with van der Waals surface area (Å²) in [4.78, 5) is 0. The van der Waals surface area contributed by atoms with Crippen LogP contribution in [0.3, 0.4) is 0 Å². The van der Waals surface area contributed by atoms with Crippen LogP contribution >= 0.6 is 0 Å². The van der Waals surface area contributed by atoms with Gasteiger partial charge in [-0.1, -0.05) is 24.0 Å². The number of aliphatic hydroxyl groups is 1. The summed E-state index contributed by atoms with van der Waals surface area (Å²) >= 11 is 0. The first-order chi connectivity index (χ1) is 5.74. The Bertz CT molecular complexity index is 329. The molecule has 1 nitrogen and oxygen atoms in total. The van der Waals surface area contributed by atoms with E-state index in [-0.39, 0.29) is 6.61 Å². The van der Waals surface area contributed by atoms with E-state index in [1.54, 1.807) is 0 Å². The second-order valence-corrected chi connectivity index (χ2v) is 2.78. The van der Waals surface area contributed by atoms with Gasteiger partial charge in [-0.05, 0) is 31.0 Å². The number of aryl methyl sites for hydroxylation is 2. The van der Waals surface area contributed by atoms with Crippen LogP contribution in [0, 0.1) is 25.7 Å². The first-order valence-electron chi connectivity index (χ1n) is 3.91. The molecule has 1 aromatic carbocycles. The Balaban J connectivity index is 3.05. The summed E-state index contributed by atoms with van der Waals surface area (Å²) in [5.74, 6) is 5.54. The first-order valence-corrected chi connectivity index (χ1v) is 3.91. The fourth-order valence-electron chi connectivity index (χ4n) is 1.01. The molecule has 0 unspecified atom stereocenters. The van der Waals surface area contributed by atoms with Crippen LogP contribution < -0.4 is 0 Å². The zero-order valence-corrected chi connectivity index (χ0v) is 7.39. The lowest BCUT2D eigenvalue weighted by Gasteiger charge is -1.98. The van der Waals surface area contributed by atoms with Gasteiger partial charge in [-0.2, -0.15) is 0 Å². The van der Waals surface area contributed by atoms with Gasteiger partial charge < -0.3 is 5.11 Å². The van der Waals surface area contributed by atoms with E-state index < -0.39 is 0 Å². The molecule has 1 heteroatoms. The molecule has 0 bridgehead atoms. The van der Waals surface area contributed by atoms with Crippen molar-refractivity contribution in [2.24, 2.45) is 0 Å². The molecule has 0 saturated heterocycles. The summed E-state index contributed by atoms with van der Waals surface area (Å²) in [6.07, 6.45) is 0. The minimum absolute atomic E-state index is 0.0760. The molecule has 0 aliphatic carbocycles. The molecule has 1 rings (SSSR count). The Hall–Kier alpha value is -1.26. The van der Waals surface area contributed by atoms with Crippen LogP contribution in [0.2, 0.25) is 0 Å². The molecule has 1 aromatic rings. The molecular formula is C11H12O. The van der Waals surface area contributed by atoms with Gasteiger partial charge in [0.15, 0.2) is 0 Å². The number of aliphatic hydroxyl groups excluding tert-OH is 1. The molecule has 62 valence electrons. The van der Waals surface area contributed by atoms with Gasteiger partial charge >= 0.3 is 0 Å². The lowest BCUT2D eigenvalue weighted by molar-refractivity contribution is 0.350. The van der Waals surface area contributed by atoms with E-state index in [1.807, 2.05) is 26.0 Å². The summed E-state index contributed by atoms with van der Waals surface area (Å²) in [6.45, 7) is 3.97. The van der Waals surface area contributed by atoms with Crippen LogP contribution in [0.25, 0.3) is 0 Å². The van der Waals surface area contributed by atoms with Crippen molar-refractivity contribution in [1.82, 2.24) is 0 Å². The molecule has 0 amide bonds. The third kappa shape index (κ3) is 2.11. The Kier molecular flexibility index (Phi) is 2.90. The monoisotopic (exact) mass is 160 g/mol. The molecule has 0 aliphatic rings. The highest BCUT2D eigenvalue weighted by Crippen LogP contribution is 2.08. The van der Waals surface area contributed by atoms with Gasteiger partial charge in [0, 0.05) is 5.56 Å². The van der Waals surface area contributed by atoms with E-state index in [0.717, 1.165) is 11.1 Å². The molecule has 0 aliphatic heterocycles. The third-order valence-corrected chi connectivity index (χ3v) is 1.70. The van der Waals surface area contributed by atoms with E-state index in [4.69, 9.17) is 5.11 Å². The summed E-state index contributed by atoms with van der Waals surface area (Å²) in [5, 5.41) is 8.51. The van der Waals surface area contributed by atoms with Gasteiger partial charge in [-0.3, -0.25) is 0 Å². The predicted molar refractivity (Wildman–Crippen MR) is 49.9 cm³/mol. The van der Waals surface area contributed by atoms with Crippen LogP contribution in [-0.2, 0) is 0 Å². The van der Waals surface area contributed by atoms with Gasteiger partial charge in [0.25, 0.3) is 0 Å². The normalized spacial score (nSPS) is 8.92. The molecule has 0 spiro atoms. The summed E-state index contributed by atoms with van der Waals surface area (Å²) in [6, 6.07) is 6.12. The maximum absolute atomic E-state index is 8.51. The molecule has 0 atom stereocenters. The van der Waals surface area contributed by atoms with Gasteiger partial charge in [-0.25, -0.2) is 0 Å². The molecule has 0 saturated carbocycles. The van der Waals surface area contributed by atoms with Gasteiger partial charge in [0.2, 0.25) is 0 Å². The summed E-state index contributed by atoms with van der Waals surface area (Å²) < 4.78 is 0. The maximum Gasteiger partial charge on any atom is 0.104 e. The third-order valence-electron chi connectivity index (χ3n) is 1.70. The predicted octanol–water partition coefficient (Wildman–Crippen LogP) is 1.65. The lowest BCUT2D eigenvalue weighted by Crippen LogP contribution is -1.84. The minimum atomic E-state index is -0.0760. The highest BCUT2D eigenvalue weighted by Gasteiger charge is 1.92. The van der Waals surface area contributed by atoms with E-state index in [0.29, 0.717) is 0 Å². The van der Waals surface area contributed by atoms with Crippen molar-refractivity contribution < 1.29 is 5.11 Å². The van der Waals surface area contributed by atoms with E-state index in [2.05, 4.69) is 17.9 Å². The van der Waals surface area contributed by atoms with E-state index in [9.17, 15) is 0 Å². The van der Waals surface area contributed by atoms with Gasteiger partial charge in [-0.15, -0.1) is 0 Å². The van der Waals surface area contributed by atoms with Crippen molar-refractivity contribution in [2.45, 2.75) is 13.8 Å².